The highest BCUT2D eigenvalue weighted by molar-refractivity contribution is 7.11. The molecule has 1 unspecified atom stereocenters. The Labute approximate surface area is 108 Å². The molecule has 4 heteroatoms. The topological polar surface area (TPSA) is 28.2 Å². The van der Waals surface area contributed by atoms with Gasteiger partial charge in [0.05, 0.1) is 16.7 Å². The van der Waals surface area contributed by atoms with Gasteiger partial charge in [0.2, 0.25) is 0 Å². The highest BCUT2D eigenvalue weighted by Crippen LogP contribution is 2.28. The van der Waals surface area contributed by atoms with Crippen molar-refractivity contribution in [2.75, 3.05) is 26.7 Å². The Bertz CT molecular complexity index is 373. The molecule has 0 radical (unpaired) electrons. The van der Waals surface area contributed by atoms with Gasteiger partial charge in [-0.05, 0) is 19.9 Å². The van der Waals surface area contributed by atoms with E-state index in [0.717, 1.165) is 26.1 Å². The first-order chi connectivity index (χ1) is 8.06. The quantitative estimate of drug-likeness (QED) is 0.895. The van der Waals surface area contributed by atoms with Gasteiger partial charge in [0.25, 0.3) is 0 Å². The molecule has 1 fully saturated rings. The lowest BCUT2D eigenvalue weighted by molar-refractivity contribution is 0.242. The number of rotatable bonds is 3. The van der Waals surface area contributed by atoms with Gasteiger partial charge in [0.15, 0.2) is 0 Å². The molecule has 0 bridgehead atoms. The number of hydrogen-bond acceptors (Lipinski definition) is 4. The normalized spacial score (nSPS) is 22.3. The zero-order valence-electron chi connectivity index (χ0n) is 11.3. The van der Waals surface area contributed by atoms with Gasteiger partial charge in [-0.2, -0.15) is 0 Å². The average molecular weight is 253 g/mol. The molecule has 0 aromatic carbocycles. The van der Waals surface area contributed by atoms with Crippen molar-refractivity contribution in [3.05, 3.63) is 15.6 Å². The largest absolute Gasteiger partial charge is 0.307 e. The summed E-state index contributed by atoms with van der Waals surface area (Å²) in [5, 5.41) is 4.90. The van der Waals surface area contributed by atoms with Gasteiger partial charge in [-0.3, -0.25) is 0 Å². The minimum Gasteiger partial charge on any atom is -0.307 e. The van der Waals surface area contributed by atoms with Crippen LogP contribution in [0.2, 0.25) is 0 Å². The maximum Gasteiger partial charge on any atom is 0.0934 e. The van der Waals surface area contributed by atoms with Gasteiger partial charge in [-0.1, -0.05) is 13.8 Å². The summed E-state index contributed by atoms with van der Waals surface area (Å²) in [7, 11) is 2.19. The van der Waals surface area contributed by atoms with Crippen LogP contribution in [0.15, 0.2) is 0 Å². The van der Waals surface area contributed by atoms with Gasteiger partial charge < -0.3 is 10.2 Å². The lowest BCUT2D eigenvalue weighted by Gasteiger charge is -2.30. The molecular weight excluding hydrogens is 230 g/mol. The van der Waals surface area contributed by atoms with Crippen LogP contribution in [0.25, 0.3) is 0 Å². The monoisotopic (exact) mass is 253 g/mol. The SMILES string of the molecule is Cc1nc(CC(C)C)sc1C1CN(C)CCN1. The lowest BCUT2D eigenvalue weighted by atomic mass is 10.1. The molecule has 96 valence electrons. The van der Waals surface area contributed by atoms with Crippen molar-refractivity contribution < 1.29 is 0 Å². The molecule has 0 amide bonds. The van der Waals surface area contributed by atoms with Crippen LogP contribution in [0.4, 0.5) is 0 Å². The van der Waals surface area contributed by atoms with Crippen LogP contribution in [-0.2, 0) is 6.42 Å². The van der Waals surface area contributed by atoms with Crippen LogP contribution in [0, 0.1) is 12.8 Å². The Morgan fingerprint density at radius 2 is 2.29 bits per heavy atom. The number of nitrogens with zero attached hydrogens (tertiary/aromatic N) is 2. The number of nitrogens with one attached hydrogen (secondary N) is 1. The predicted octanol–water partition coefficient (Wildman–Crippen LogP) is 2.23. The van der Waals surface area contributed by atoms with E-state index in [9.17, 15) is 0 Å². The molecule has 0 aliphatic carbocycles. The number of hydrogen-bond donors (Lipinski definition) is 1. The number of likely N-dealkylation sites (N-methyl/N-ethyl adjacent to an activating group) is 1. The van der Waals surface area contributed by atoms with E-state index in [1.807, 2.05) is 11.3 Å². The second-order valence-electron chi connectivity index (χ2n) is 5.42. The Hall–Kier alpha value is -0.450. The van der Waals surface area contributed by atoms with Gasteiger partial charge in [-0.15, -0.1) is 11.3 Å². The molecule has 3 nitrogen and oxygen atoms in total. The summed E-state index contributed by atoms with van der Waals surface area (Å²) in [6.07, 6.45) is 1.11. The van der Waals surface area contributed by atoms with Crippen LogP contribution in [0.5, 0.6) is 0 Å². The maximum absolute atomic E-state index is 4.71. The van der Waals surface area contributed by atoms with Crippen LogP contribution in [-0.4, -0.2) is 36.6 Å². The van der Waals surface area contributed by atoms with E-state index in [-0.39, 0.29) is 0 Å². The number of thiazole rings is 1. The summed E-state index contributed by atoms with van der Waals surface area (Å²) in [6.45, 7) is 9.98. The second-order valence-corrected chi connectivity index (χ2v) is 6.54. The molecule has 1 aliphatic heterocycles. The third-order valence-electron chi connectivity index (χ3n) is 3.15. The molecule has 1 saturated heterocycles. The van der Waals surface area contributed by atoms with E-state index >= 15 is 0 Å². The Morgan fingerprint density at radius 3 is 2.94 bits per heavy atom. The van der Waals surface area contributed by atoms with Crippen LogP contribution in [0.3, 0.4) is 0 Å². The van der Waals surface area contributed by atoms with E-state index in [2.05, 4.69) is 38.0 Å². The standard InChI is InChI=1S/C13H23N3S/c1-9(2)7-12-15-10(3)13(17-12)11-8-16(4)6-5-14-11/h9,11,14H,5-8H2,1-4H3. The molecule has 1 aromatic heterocycles. The minimum atomic E-state index is 0.479. The fourth-order valence-electron chi connectivity index (χ4n) is 2.30. The van der Waals surface area contributed by atoms with E-state index in [1.165, 1.54) is 15.6 Å². The zero-order chi connectivity index (χ0) is 12.4. The van der Waals surface area contributed by atoms with Gasteiger partial charge in [0, 0.05) is 30.9 Å². The van der Waals surface area contributed by atoms with Gasteiger partial charge in [-0.25, -0.2) is 4.98 Å². The van der Waals surface area contributed by atoms with Crippen LogP contribution >= 0.6 is 11.3 Å². The van der Waals surface area contributed by atoms with Crippen molar-refractivity contribution >= 4 is 11.3 Å². The highest BCUT2D eigenvalue weighted by Gasteiger charge is 2.22. The molecule has 0 spiro atoms. The van der Waals surface area contributed by atoms with E-state index in [4.69, 9.17) is 4.98 Å². The van der Waals surface area contributed by atoms with E-state index < -0.39 is 0 Å². The minimum absolute atomic E-state index is 0.479. The molecule has 17 heavy (non-hydrogen) atoms. The second kappa shape index (κ2) is 5.46. The molecular formula is C13H23N3S. The Kier molecular flexibility index (Phi) is 4.17. The smallest absolute Gasteiger partial charge is 0.0934 e. The summed E-state index contributed by atoms with van der Waals surface area (Å²) in [5.74, 6) is 0.690. The fraction of sp³-hybridized carbons (Fsp3) is 0.769. The zero-order valence-corrected chi connectivity index (χ0v) is 12.1. The van der Waals surface area contributed by atoms with Crippen molar-refractivity contribution in [3.8, 4) is 0 Å². The van der Waals surface area contributed by atoms with Gasteiger partial charge in [0.1, 0.15) is 0 Å². The predicted molar refractivity (Wildman–Crippen MR) is 73.6 cm³/mol. The van der Waals surface area contributed by atoms with Crippen molar-refractivity contribution in [2.45, 2.75) is 33.2 Å². The number of piperazine rings is 1. The molecule has 1 aliphatic rings. The molecule has 1 N–H and O–H groups in total. The number of aromatic nitrogens is 1. The first kappa shape index (κ1) is 13.0. The van der Waals surface area contributed by atoms with Crippen LogP contribution < -0.4 is 5.32 Å². The van der Waals surface area contributed by atoms with Gasteiger partial charge >= 0.3 is 0 Å². The third kappa shape index (κ3) is 3.27. The van der Waals surface area contributed by atoms with E-state index in [0.29, 0.717) is 12.0 Å². The van der Waals surface area contributed by atoms with Crippen molar-refractivity contribution in [3.63, 3.8) is 0 Å². The first-order valence-electron chi connectivity index (χ1n) is 6.44. The molecule has 2 rings (SSSR count). The average Bonchev–Trinajstić information content (AvgIpc) is 2.58. The Morgan fingerprint density at radius 1 is 1.53 bits per heavy atom. The summed E-state index contributed by atoms with van der Waals surface area (Å²) in [4.78, 5) is 8.54. The lowest BCUT2D eigenvalue weighted by Crippen LogP contribution is -2.43. The summed E-state index contributed by atoms with van der Waals surface area (Å²) >= 11 is 1.90. The van der Waals surface area contributed by atoms with Crippen molar-refractivity contribution in [1.29, 1.82) is 0 Å². The first-order valence-corrected chi connectivity index (χ1v) is 7.26. The molecule has 0 saturated carbocycles. The van der Waals surface area contributed by atoms with Crippen molar-refractivity contribution in [1.82, 2.24) is 15.2 Å². The van der Waals surface area contributed by atoms with E-state index in [1.54, 1.807) is 0 Å². The molecule has 2 heterocycles. The van der Waals surface area contributed by atoms with Crippen LogP contribution in [0.1, 0.15) is 35.5 Å². The molecule has 1 atom stereocenters. The molecule has 1 aromatic rings. The Balaban J connectivity index is 2.11. The number of aryl methyl sites for hydroxylation is 1. The fourth-order valence-corrected chi connectivity index (χ4v) is 3.64. The third-order valence-corrected chi connectivity index (χ3v) is 4.45. The summed E-state index contributed by atoms with van der Waals surface area (Å²) in [6, 6.07) is 0.479. The maximum atomic E-state index is 4.71. The summed E-state index contributed by atoms with van der Waals surface area (Å²) < 4.78 is 0. The van der Waals surface area contributed by atoms with Crippen molar-refractivity contribution in [2.24, 2.45) is 5.92 Å². The summed E-state index contributed by atoms with van der Waals surface area (Å²) in [5.41, 5.74) is 1.22. The highest BCUT2D eigenvalue weighted by atomic mass is 32.1.